The Balaban J connectivity index is 0.00000133. The molecule has 0 heterocycles. The molecule has 6 aliphatic rings. The van der Waals surface area contributed by atoms with Crippen LogP contribution in [0.25, 0.3) is 0 Å². The van der Waals surface area contributed by atoms with Crippen molar-refractivity contribution in [3.8, 4) is 0 Å². The molecule has 0 amide bonds. The number of aromatic carboxylic acids is 2. The second-order valence-electron chi connectivity index (χ2n) is 9.43. The Morgan fingerprint density at radius 3 is 1.03 bits per heavy atom. The monoisotopic (exact) mass is 520 g/mol. The Labute approximate surface area is 294 Å². The molecular formula is C30H18K2O4. The third-order valence-corrected chi connectivity index (χ3v) is 7.98. The molecule has 6 aliphatic carbocycles. The van der Waals surface area contributed by atoms with Gasteiger partial charge < -0.3 is 19.8 Å². The number of carbonyl (C=O) groups is 2. The summed E-state index contributed by atoms with van der Waals surface area (Å²) in [4.78, 5) is 23.6. The quantitative estimate of drug-likeness (QED) is 0.269. The van der Waals surface area contributed by atoms with Crippen molar-refractivity contribution in [1.29, 1.82) is 0 Å². The third kappa shape index (κ3) is 3.77. The van der Waals surface area contributed by atoms with Crippen molar-refractivity contribution in [2.45, 2.75) is 23.7 Å². The van der Waals surface area contributed by atoms with Gasteiger partial charge in [0, 0.05) is 23.7 Å². The molecule has 4 aromatic carbocycles. The molecule has 164 valence electrons. The van der Waals surface area contributed by atoms with Gasteiger partial charge in [-0.3, -0.25) is 0 Å². The number of rotatable bonds is 2. The predicted molar refractivity (Wildman–Crippen MR) is 122 cm³/mol. The summed E-state index contributed by atoms with van der Waals surface area (Å²) in [5, 5.41) is 23.6. The largest absolute Gasteiger partial charge is 1.00 e. The van der Waals surface area contributed by atoms with E-state index in [0.717, 1.165) is 22.3 Å². The fourth-order valence-corrected chi connectivity index (χ4v) is 6.77. The Bertz CT molecular complexity index is 1440. The maximum atomic E-state index is 11.8. The molecule has 0 N–H and O–H groups in total. The summed E-state index contributed by atoms with van der Waals surface area (Å²) in [6.45, 7) is 0. The van der Waals surface area contributed by atoms with Crippen molar-refractivity contribution in [3.05, 3.63) is 141 Å². The van der Waals surface area contributed by atoms with Gasteiger partial charge in [0.05, 0.1) is 11.9 Å². The van der Waals surface area contributed by atoms with Crippen LogP contribution < -0.4 is 113 Å². The van der Waals surface area contributed by atoms with Gasteiger partial charge in [-0.1, -0.05) is 72.8 Å². The molecule has 4 atom stereocenters. The summed E-state index contributed by atoms with van der Waals surface area (Å²) in [5.74, 6) is -2.74. The average Bonchev–Trinajstić information content (AvgIpc) is 2.84. The molecule has 0 fully saturated rings. The zero-order chi connectivity index (χ0) is 23.1. The first-order valence-corrected chi connectivity index (χ1v) is 11.4. The molecule has 0 saturated heterocycles. The maximum Gasteiger partial charge on any atom is 1.00 e. The molecule has 4 aromatic rings. The first-order chi connectivity index (χ1) is 16.5. The van der Waals surface area contributed by atoms with Crippen molar-refractivity contribution in [2.75, 3.05) is 0 Å². The van der Waals surface area contributed by atoms with Crippen LogP contribution in [0.3, 0.4) is 0 Å². The van der Waals surface area contributed by atoms with Crippen molar-refractivity contribution < 1.29 is 123 Å². The van der Waals surface area contributed by atoms with Gasteiger partial charge in [-0.15, -0.1) is 0 Å². The van der Waals surface area contributed by atoms with Crippen LogP contribution in [0.5, 0.6) is 0 Å². The Morgan fingerprint density at radius 1 is 0.444 bits per heavy atom. The topological polar surface area (TPSA) is 80.3 Å². The predicted octanol–water partition coefficient (Wildman–Crippen LogP) is -2.71. The fourth-order valence-electron chi connectivity index (χ4n) is 6.77. The van der Waals surface area contributed by atoms with Crippen molar-refractivity contribution in [1.82, 2.24) is 0 Å². The van der Waals surface area contributed by atoms with Gasteiger partial charge in [0.2, 0.25) is 0 Å². The number of carboxylic acid groups (broad SMARTS) is 2. The van der Waals surface area contributed by atoms with Gasteiger partial charge in [-0.25, -0.2) is 0 Å². The van der Waals surface area contributed by atoms with Crippen LogP contribution in [0.2, 0.25) is 0 Å². The van der Waals surface area contributed by atoms with Crippen molar-refractivity contribution in [3.63, 3.8) is 0 Å². The van der Waals surface area contributed by atoms with Gasteiger partial charge in [0.25, 0.3) is 0 Å². The first kappa shape index (κ1) is 26.7. The third-order valence-electron chi connectivity index (χ3n) is 7.98. The van der Waals surface area contributed by atoms with Gasteiger partial charge in [0.15, 0.2) is 0 Å². The van der Waals surface area contributed by atoms with E-state index >= 15 is 0 Å². The summed E-state index contributed by atoms with van der Waals surface area (Å²) in [5.41, 5.74) is 9.40. The van der Waals surface area contributed by atoms with Gasteiger partial charge in [-0.05, 0) is 67.8 Å². The molecular weight excluding hydrogens is 503 g/mol. The van der Waals surface area contributed by atoms with Gasteiger partial charge in [0.1, 0.15) is 0 Å². The normalized spacial score (nSPS) is 21.3. The molecule has 4 nitrogen and oxygen atoms in total. The zero-order valence-electron chi connectivity index (χ0n) is 20.0. The first-order valence-electron chi connectivity index (χ1n) is 11.4. The summed E-state index contributed by atoms with van der Waals surface area (Å²) in [6.07, 6.45) is 0. The molecule has 4 bridgehead atoms. The van der Waals surface area contributed by atoms with E-state index < -0.39 is 11.9 Å². The number of carboxylic acids is 2. The van der Waals surface area contributed by atoms with Crippen LogP contribution in [-0.4, -0.2) is 11.9 Å². The summed E-state index contributed by atoms with van der Waals surface area (Å²) in [7, 11) is 0. The summed E-state index contributed by atoms with van der Waals surface area (Å²) >= 11 is 0. The molecule has 36 heavy (non-hydrogen) atoms. The van der Waals surface area contributed by atoms with E-state index in [2.05, 4.69) is 36.4 Å². The van der Waals surface area contributed by atoms with Crippen LogP contribution in [0, 0.1) is 0 Å². The Hall–Kier alpha value is -0.907. The minimum Gasteiger partial charge on any atom is -0.545 e. The van der Waals surface area contributed by atoms with E-state index in [0.29, 0.717) is 0 Å². The van der Waals surface area contributed by atoms with Crippen molar-refractivity contribution in [2.24, 2.45) is 0 Å². The SMILES string of the molecule is O=C([O-])c1ccc2c(c1)C1c3ccccc3C2C2c3ccccc3C1c1cc(C(=O)[O-])ccc12.[K+].[K+]. The molecule has 0 spiro atoms. The number of carbonyl (C=O) groups excluding carboxylic acids is 2. The van der Waals surface area contributed by atoms with Gasteiger partial charge in [-0.2, -0.15) is 0 Å². The number of hydrogen-bond acceptors (Lipinski definition) is 4. The van der Waals surface area contributed by atoms with E-state index in [-0.39, 0.29) is 138 Å². The second kappa shape index (κ2) is 10.0. The average molecular weight is 521 g/mol. The standard InChI is InChI=1S/C30H20O4.2K/c31-29(32)15-9-11-21-23(13-15)27-19-7-3-1-5-17(19)25(21)26-18-6-2-4-8-20(18)28(27)24-14-16(30(33)34)10-12-22(24)26;;/h1-14,25-28H,(H,31,32)(H,33,34);;/q;2*+1/p-2. The van der Waals surface area contributed by atoms with Crippen LogP contribution in [0.4, 0.5) is 0 Å². The molecule has 10 rings (SSSR count). The van der Waals surface area contributed by atoms with Crippen LogP contribution >= 0.6 is 0 Å². The smallest absolute Gasteiger partial charge is 0.545 e. The Kier molecular flexibility index (Phi) is 7.42. The van der Waals surface area contributed by atoms with Crippen LogP contribution in [0.15, 0.2) is 84.9 Å². The number of benzene rings is 4. The molecule has 6 heteroatoms. The molecule has 0 saturated carbocycles. The van der Waals surface area contributed by atoms with Gasteiger partial charge >= 0.3 is 103 Å². The second-order valence-corrected chi connectivity index (χ2v) is 9.43. The minimum absolute atomic E-state index is 0. The maximum absolute atomic E-state index is 11.8. The summed E-state index contributed by atoms with van der Waals surface area (Å²) in [6, 6.07) is 27.5. The van der Waals surface area contributed by atoms with Crippen LogP contribution in [-0.2, 0) is 0 Å². The minimum atomic E-state index is -1.20. The van der Waals surface area contributed by atoms with E-state index in [4.69, 9.17) is 0 Å². The van der Waals surface area contributed by atoms with E-state index in [1.165, 1.54) is 22.3 Å². The van der Waals surface area contributed by atoms with E-state index in [9.17, 15) is 19.8 Å². The molecule has 0 aromatic heterocycles. The molecule has 4 unspecified atom stereocenters. The fraction of sp³-hybridized carbons (Fsp3) is 0.133. The van der Waals surface area contributed by atoms with Crippen LogP contribution in [0.1, 0.15) is 88.9 Å². The van der Waals surface area contributed by atoms with Crippen molar-refractivity contribution >= 4 is 11.9 Å². The zero-order valence-corrected chi connectivity index (χ0v) is 26.3. The van der Waals surface area contributed by atoms with E-state index in [1.807, 2.05) is 24.3 Å². The summed E-state index contributed by atoms with van der Waals surface area (Å²) < 4.78 is 0. The number of hydrogen-bond donors (Lipinski definition) is 0. The Morgan fingerprint density at radius 2 is 0.722 bits per heavy atom. The van der Waals surface area contributed by atoms with E-state index in [1.54, 1.807) is 24.3 Å². The molecule has 0 aliphatic heterocycles. The molecule has 0 radical (unpaired) electrons.